The normalized spacial score (nSPS) is 18.8. The molecule has 0 aliphatic carbocycles. The molecule has 1 aliphatic heterocycles. The highest BCUT2D eigenvalue weighted by Gasteiger charge is 2.41. The smallest absolute Gasteiger partial charge is 0.256 e. The van der Waals surface area contributed by atoms with Gasteiger partial charge in [0.25, 0.3) is 5.91 Å². The van der Waals surface area contributed by atoms with Gasteiger partial charge < -0.3 is 19.7 Å². The summed E-state index contributed by atoms with van der Waals surface area (Å²) < 4.78 is 12.2. The van der Waals surface area contributed by atoms with E-state index in [4.69, 9.17) is 9.47 Å². The molecule has 0 unspecified atom stereocenters. The van der Waals surface area contributed by atoms with Crippen LogP contribution in [0.3, 0.4) is 0 Å². The van der Waals surface area contributed by atoms with Gasteiger partial charge in [-0.3, -0.25) is 14.3 Å². The average molecular weight is 415 g/mol. The Labute approximate surface area is 176 Å². The number of carbonyl (C=O) groups excluding carboxylic acids is 2. The van der Waals surface area contributed by atoms with Crippen molar-refractivity contribution >= 4 is 11.8 Å². The number of rotatable bonds is 9. The highest BCUT2D eigenvalue weighted by atomic mass is 16.5. The van der Waals surface area contributed by atoms with Crippen molar-refractivity contribution in [2.75, 3.05) is 33.9 Å². The summed E-state index contributed by atoms with van der Waals surface area (Å²) in [5.74, 6) is -0.0355. The largest absolute Gasteiger partial charge is 0.480 e. The van der Waals surface area contributed by atoms with Crippen LogP contribution in [0.25, 0.3) is 0 Å². The van der Waals surface area contributed by atoms with Gasteiger partial charge >= 0.3 is 0 Å². The van der Waals surface area contributed by atoms with Gasteiger partial charge in [-0.05, 0) is 26.0 Å². The van der Waals surface area contributed by atoms with Crippen molar-refractivity contribution < 1.29 is 19.1 Å². The number of aromatic nitrogens is 3. The fourth-order valence-corrected chi connectivity index (χ4v) is 3.79. The first-order valence-corrected chi connectivity index (χ1v) is 10.1. The van der Waals surface area contributed by atoms with Crippen LogP contribution in [-0.4, -0.2) is 65.4 Å². The minimum atomic E-state index is -0.278. The van der Waals surface area contributed by atoms with Crippen LogP contribution in [0.15, 0.2) is 30.7 Å². The lowest BCUT2D eigenvalue weighted by Crippen LogP contribution is -2.35. The molecule has 9 heteroatoms. The molecule has 0 radical (unpaired) electrons. The molecule has 9 nitrogen and oxygen atoms in total. The van der Waals surface area contributed by atoms with E-state index in [0.29, 0.717) is 31.7 Å². The van der Waals surface area contributed by atoms with E-state index in [1.54, 1.807) is 25.4 Å². The van der Waals surface area contributed by atoms with Gasteiger partial charge in [0.2, 0.25) is 11.8 Å². The minimum Gasteiger partial charge on any atom is -0.480 e. The lowest BCUT2D eigenvalue weighted by atomic mass is 9.95. The van der Waals surface area contributed by atoms with Gasteiger partial charge in [-0.25, -0.2) is 4.98 Å². The van der Waals surface area contributed by atoms with E-state index in [1.165, 1.54) is 7.11 Å². The quantitative estimate of drug-likeness (QED) is 0.671. The molecule has 0 aromatic carbocycles. The Kier molecular flexibility index (Phi) is 7.04. The number of hydrogen-bond donors (Lipinski definition) is 1. The second-order valence-corrected chi connectivity index (χ2v) is 7.61. The van der Waals surface area contributed by atoms with Gasteiger partial charge in [-0.2, -0.15) is 5.10 Å². The van der Waals surface area contributed by atoms with Crippen LogP contribution in [0.4, 0.5) is 0 Å². The number of ether oxygens (including phenoxy) is 2. The van der Waals surface area contributed by atoms with Crippen molar-refractivity contribution in [1.29, 1.82) is 0 Å². The first-order chi connectivity index (χ1) is 14.5. The Bertz CT molecular complexity index is 882. The van der Waals surface area contributed by atoms with Gasteiger partial charge in [-0.1, -0.05) is 0 Å². The van der Waals surface area contributed by atoms with Crippen LogP contribution in [0.2, 0.25) is 0 Å². The molecule has 2 amide bonds. The number of methoxy groups -OCH3 is 2. The molecule has 0 spiro atoms. The van der Waals surface area contributed by atoms with Crippen molar-refractivity contribution in [2.24, 2.45) is 5.92 Å². The molecule has 0 bridgehead atoms. The summed E-state index contributed by atoms with van der Waals surface area (Å²) in [6.45, 7) is 5.40. The van der Waals surface area contributed by atoms with Gasteiger partial charge in [0.1, 0.15) is 5.56 Å². The van der Waals surface area contributed by atoms with E-state index >= 15 is 0 Å². The van der Waals surface area contributed by atoms with Crippen molar-refractivity contribution in [1.82, 2.24) is 25.0 Å². The van der Waals surface area contributed by atoms with Crippen LogP contribution >= 0.6 is 0 Å². The molecule has 1 saturated heterocycles. The first-order valence-electron chi connectivity index (χ1n) is 10.1. The summed E-state index contributed by atoms with van der Waals surface area (Å²) in [5, 5.41) is 7.38. The highest BCUT2D eigenvalue weighted by Crippen LogP contribution is 2.37. The fourth-order valence-electron chi connectivity index (χ4n) is 3.79. The molecule has 2 atom stereocenters. The highest BCUT2D eigenvalue weighted by molar-refractivity contribution is 5.96. The minimum absolute atomic E-state index is 0.0487. The van der Waals surface area contributed by atoms with E-state index in [0.717, 1.165) is 5.56 Å². The Balaban J connectivity index is 1.78. The van der Waals surface area contributed by atoms with Crippen molar-refractivity contribution in [3.8, 4) is 5.88 Å². The molecule has 2 aromatic rings. The summed E-state index contributed by atoms with van der Waals surface area (Å²) in [7, 11) is 3.09. The van der Waals surface area contributed by atoms with Crippen LogP contribution in [0, 0.1) is 5.92 Å². The molecular formula is C21H29N5O4. The summed E-state index contributed by atoms with van der Waals surface area (Å²) in [4.78, 5) is 31.3. The predicted octanol–water partition coefficient (Wildman–Crippen LogP) is 1.83. The van der Waals surface area contributed by atoms with E-state index in [1.807, 2.05) is 22.0 Å². The zero-order chi connectivity index (χ0) is 21.7. The molecule has 1 aliphatic rings. The topological polar surface area (TPSA) is 98.6 Å². The number of nitrogens with one attached hydrogen (secondary N) is 1. The lowest BCUT2D eigenvalue weighted by molar-refractivity contribution is -0.129. The van der Waals surface area contributed by atoms with Crippen LogP contribution in [0.5, 0.6) is 5.88 Å². The summed E-state index contributed by atoms with van der Waals surface area (Å²) in [5.41, 5.74) is 1.33. The van der Waals surface area contributed by atoms with E-state index in [-0.39, 0.29) is 35.7 Å². The summed E-state index contributed by atoms with van der Waals surface area (Å²) in [6.07, 6.45) is 5.71. The van der Waals surface area contributed by atoms with Crippen LogP contribution < -0.4 is 10.1 Å². The Hall–Kier alpha value is -2.94. The number of likely N-dealkylation sites (tertiary alicyclic amines) is 1. The number of nitrogens with zero attached hydrogens (tertiary/aromatic N) is 4. The second kappa shape index (κ2) is 9.71. The van der Waals surface area contributed by atoms with Gasteiger partial charge in [0.15, 0.2) is 0 Å². The molecule has 3 rings (SSSR count). The van der Waals surface area contributed by atoms with Crippen molar-refractivity contribution in [3.05, 3.63) is 41.9 Å². The molecule has 1 fully saturated rings. The molecule has 0 saturated carbocycles. The molecule has 2 aromatic heterocycles. The van der Waals surface area contributed by atoms with E-state index in [9.17, 15) is 9.59 Å². The monoisotopic (exact) mass is 415 g/mol. The SMILES string of the molecule is COCCN1C(=O)C[C@@H](CNC(=O)c2cccnc2OC)[C@@H]1c1cnn(C(C)C)c1. The maximum atomic E-state index is 12.7. The number of amides is 2. The standard InChI is InChI=1S/C21H29N5O4/c1-14(2)26-13-16(12-24-26)19-15(10-18(27)25(19)8-9-29-3)11-23-20(28)17-6-5-7-22-21(17)30-4/h5-7,12-15,19H,8-11H2,1-4H3,(H,23,28)/t15-,19+/m0/s1. The van der Waals surface area contributed by atoms with E-state index in [2.05, 4.69) is 29.2 Å². The number of carbonyl (C=O) groups is 2. The fraction of sp³-hybridized carbons (Fsp3) is 0.524. The van der Waals surface area contributed by atoms with Gasteiger partial charge in [0.05, 0.1) is 26.0 Å². The van der Waals surface area contributed by atoms with Crippen LogP contribution in [0.1, 0.15) is 48.3 Å². The Morgan fingerprint density at radius 2 is 2.17 bits per heavy atom. The van der Waals surface area contributed by atoms with Crippen LogP contribution in [-0.2, 0) is 9.53 Å². The Morgan fingerprint density at radius 1 is 1.37 bits per heavy atom. The average Bonchev–Trinajstić information content (AvgIpc) is 3.35. The maximum Gasteiger partial charge on any atom is 0.256 e. The van der Waals surface area contributed by atoms with E-state index < -0.39 is 0 Å². The summed E-state index contributed by atoms with van der Waals surface area (Å²) in [6, 6.07) is 3.40. The third kappa shape index (κ3) is 4.62. The van der Waals surface area contributed by atoms with Gasteiger partial charge in [0, 0.05) is 56.5 Å². The zero-order valence-electron chi connectivity index (χ0n) is 17.9. The molecule has 162 valence electrons. The lowest BCUT2D eigenvalue weighted by Gasteiger charge is -2.27. The molecule has 3 heterocycles. The third-order valence-electron chi connectivity index (χ3n) is 5.30. The third-order valence-corrected chi connectivity index (χ3v) is 5.30. The first kappa shape index (κ1) is 21.8. The molecule has 1 N–H and O–H groups in total. The van der Waals surface area contributed by atoms with Crippen molar-refractivity contribution in [2.45, 2.75) is 32.4 Å². The Morgan fingerprint density at radius 3 is 2.83 bits per heavy atom. The second-order valence-electron chi connectivity index (χ2n) is 7.61. The van der Waals surface area contributed by atoms with Gasteiger partial charge in [-0.15, -0.1) is 0 Å². The molecule has 30 heavy (non-hydrogen) atoms. The molecular weight excluding hydrogens is 386 g/mol. The zero-order valence-corrected chi connectivity index (χ0v) is 17.9. The van der Waals surface area contributed by atoms with Crippen molar-refractivity contribution in [3.63, 3.8) is 0 Å². The predicted molar refractivity (Wildman–Crippen MR) is 110 cm³/mol. The maximum absolute atomic E-state index is 12.7. The summed E-state index contributed by atoms with van der Waals surface area (Å²) >= 11 is 0. The number of pyridine rings is 1. The number of hydrogen-bond acceptors (Lipinski definition) is 6.